The zero-order valence-corrected chi connectivity index (χ0v) is 21.2. The maximum atomic E-state index is 13.8. The van der Waals surface area contributed by atoms with E-state index in [2.05, 4.69) is 41.5 Å². The van der Waals surface area contributed by atoms with Crippen molar-refractivity contribution in [1.82, 2.24) is 0 Å². The van der Waals surface area contributed by atoms with Gasteiger partial charge in [0.15, 0.2) is 5.90 Å². The summed E-state index contributed by atoms with van der Waals surface area (Å²) in [6, 6.07) is 0. The minimum Gasteiger partial charge on any atom is -0.478 e. The Bertz CT molecular complexity index is 804. The third-order valence-electron chi connectivity index (χ3n) is 11.3. The van der Waals surface area contributed by atoms with E-state index >= 15 is 0 Å². The number of ether oxygens (including phenoxy) is 1. The average Bonchev–Trinajstić information content (AvgIpc) is 3.27. The molecule has 10 atom stereocenters. The largest absolute Gasteiger partial charge is 0.478 e. The smallest absolute Gasteiger partial charge is 0.187 e. The van der Waals surface area contributed by atoms with Crippen LogP contribution in [0.2, 0.25) is 0 Å². The maximum absolute atomic E-state index is 13.8. The first-order valence-electron chi connectivity index (χ1n) is 13.4. The van der Waals surface area contributed by atoms with Crippen molar-refractivity contribution in [3.8, 4) is 0 Å². The quantitative estimate of drug-likeness (QED) is 0.612. The SMILES string of the molecule is CC[C@@H](C)[C@H]1CC[C@H]2[C@@H]3C(=O)C[C@@H]4C[C@H](O)CC(C5=NC(C)(C)CO5)[C@]4(C)[C@H]3CC[C@]12C. The molecule has 1 N–H and O–H groups in total. The highest BCUT2D eigenvalue weighted by molar-refractivity contribution is 5.86. The Labute approximate surface area is 195 Å². The molecule has 1 heterocycles. The molecule has 4 saturated carbocycles. The van der Waals surface area contributed by atoms with E-state index < -0.39 is 0 Å². The lowest BCUT2D eigenvalue weighted by Gasteiger charge is -2.62. The zero-order chi connectivity index (χ0) is 23.1. The summed E-state index contributed by atoms with van der Waals surface area (Å²) in [4.78, 5) is 18.7. The summed E-state index contributed by atoms with van der Waals surface area (Å²) in [5.41, 5.74) is 0.114. The molecule has 4 heteroatoms. The molecule has 32 heavy (non-hydrogen) atoms. The van der Waals surface area contributed by atoms with Gasteiger partial charge in [0.05, 0.1) is 11.6 Å². The van der Waals surface area contributed by atoms with Gasteiger partial charge in [-0.15, -0.1) is 0 Å². The van der Waals surface area contributed by atoms with Crippen molar-refractivity contribution in [3.63, 3.8) is 0 Å². The van der Waals surface area contributed by atoms with Crippen LogP contribution in [0.15, 0.2) is 4.99 Å². The van der Waals surface area contributed by atoms with Gasteiger partial charge in [0, 0.05) is 18.3 Å². The highest BCUT2D eigenvalue weighted by Crippen LogP contribution is 2.68. The van der Waals surface area contributed by atoms with Crippen LogP contribution in [0.5, 0.6) is 0 Å². The van der Waals surface area contributed by atoms with E-state index in [0.717, 1.165) is 37.0 Å². The number of aliphatic hydroxyl groups is 1. The van der Waals surface area contributed by atoms with E-state index in [4.69, 9.17) is 9.73 Å². The number of rotatable bonds is 3. The molecule has 0 bridgehead atoms. The lowest BCUT2D eigenvalue weighted by atomic mass is 9.42. The zero-order valence-electron chi connectivity index (χ0n) is 21.2. The number of ketones is 1. The van der Waals surface area contributed by atoms with Gasteiger partial charge >= 0.3 is 0 Å². The van der Waals surface area contributed by atoms with Gasteiger partial charge in [-0.05, 0) is 92.8 Å². The van der Waals surface area contributed by atoms with Gasteiger partial charge in [0.1, 0.15) is 12.4 Å². The molecule has 180 valence electrons. The molecule has 4 fully saturated rings. The van der Waals surface area contributed by atoms with E-state index in [1.54, 1.807) is 0 Å². The Balaban J connectivity index is 1.52. The minimum atomic E-state index is -0.354. The van der Waals surface area contributed by atoms with Crippen molar-refractivity contribution in [2.45, 2.75) is 105 Å². The molecule has 0 amide bonds. The molecule has 0 aromatic carbocycles. The summed E-state index contributed by atoms with van der Waals surface area (Å²) in [5, 5.41) is 10.8. The molecule has 5 rings (SSSR count). The van der Waals surface area contributed by atoms with Crippen LogP contribution in [0.25, 0.3) is 0 Å². The first kappa shape index (κ1) is 22.9. The molecule has 1 unspecified atom stereocenters. The van der Waals surface area contributed by atoms with Gasteiger partial charge in [-0.3, -0.25) is 4.79 Å². The van der Waals surface area contributed by atoms with Crippen LogP contribution < -0.4 is 0 Å². The normalized spacial score (nSPS) is 50.7. The highest BCUT2D eigenvalue weighted by atomic mass is 16.5. The summed E-state index contributed by atoms with van der Waals surface area (Å²) in [7, 11) is 0. The summed E-state index contributed by atoms with van der Waals surface area (Å²) in [6.45, 7) is 14.6. The Hall–Kier alpha value is -0.900. The second-order valence-corrected chi connectivity index (χ2v) is 13.3. The first-order valence-corrected chi connectivity index (χ1v) is 13.4. The first-order chi connectivity index (χ1) is 15.0. The van der Waals surface area contributed by atoms with Crippen molar-refractivity contribution in [1.29, 1.82) is 0 Å². The molecule has 4 aliphatic carbocycles. The molecule has 0 aromatic rings. The van der Waals surface area contributed by atoms with Crippen molar-refractivity contribution in [2.24, 2.45) is 57.2 Å². The third-order valence-corrected chi connectivity index (χ3v) is 11.3. The molecular formula is C28H45NO3. The van der Waals surface area contributed by atoms with E-state index in [-0.39, 0.29) is 34.8 Å². The van der Waals surface area contributed by atoms with Gasteiger partial charge in [-0.25, -0.2) is 4.99 Å². The van der Waals surface area contributed by atoms with Gasteiger partial charge in [0.25, 0.3) is 0 Å². The van der Waals surface area contributed by atoms with Crippen molar-refractivity contribution < 1.29 is 14.6 Å². The second-order valence-electron chi connectivity index (χ2n) is 13.3. The van der Waals surface area contributed by atoms with Crippen molar-refractivity contribution in [2.75, 3.05) is 6.61 Å². The Morgan fingerprint density at radius 3 is 2.53 bits per heavy atom. The summed E-state index contributed by atoms with van der Waals surface area (Å²) in [6.07, 6.45) is 7.92. The van der Waals surface area contributed by atoms with Gasteiger partial charge in [0.2, 0.25) is 0 Å². The molecule has 5 aliphatic rings. The van der Waals surface area contributed by atoms with Crippen LogP contribution in [0, 0.1) is 52.3 Å². The molecule has 4 nitrogen and oxygen atoms in total. The van der Waals surface area contributed by atoms with E-state index in [1.165, 1.54) is 25.7 Å². The summed E-state index contributed by atoms with van der Waals surface area (Å²) >= 11 is 0. The fraction of sp³-hybridized carbons (Fsp3) is 0.929. The highest BCUT2D eigenvalue weighted by Gasteiger charge is 2.66. The minimum absolute atomic E-state index is 0.00709. The molecular weight excluding hydrogens is 398 g/mol. The number of aliphatic hydroxyl groups excluding tert-OH is 1. The second kappa shape index (κ2) is 7.55. The number of carbonyl (C=O) groups excluding carboxylic acids is 1. The Morgan fingerprint density at radius 2 is 1.88 bits per heavy atom. The number of Topliss-reactive ketones (excluding diaryl/α,β-unsaturated/α-hetero) is 1. The Kier molecular flexibility index (Phi) is 5.40. The number of aliphatic imine (C=N–C) groups is 1. The number of hydrogen-bond acceptors (Lipinski definition) is 4. The van der Waals surface area contributed by atoms with E-state index in [1.807, 2.05) is 0 Å². The Morgan fingerprint density at radius 1 is 1.12 bits per heavy atom. The van der Waals surface area contributed by atoms with Crippen molar-refractivity contribution in [3.05, 3.63) is 0 Å². The summed E-state index contributed by atoms with van der Waals surface area (Å²) < 4.78 is 6.20. The third kappa shape index (κ3) is 3.17. The number of hydrogen-bond donors (Lipinski definition) is 1. The fourth-order valence-electron chi connectivity index (χ4n) is 9.44. The predicted octanol–water partition coefficient (Wildman–Crippen LogP) is 5.66. The fourth-order valence-corrected chi connectivity index (χ4v) is 9.44. The topological polar surface area (TPSA) is 58.9 Å². The maximum Gasteiger partial charge on any atom is 0.187 e. The molecule has 0 spiro atoms. The number of fused-ring (bicyclic) bond motifs is 5. The lowest BCUT2D eigenvalue weighted by molar-refractivity contribution is -0.167. The van der Waals surface area contributed by atoms with Gasteiger partial charge < -0.3 is 9.84 Å². The van der Waals surface area contributed by atoms with Crippen LogP contribution in [0.3, 0.4) is 0 Å². The summed E-state index contributed by atoms with van der Waals surface area (Å²) in [5.74, 6) is 4.36. The van der Waals surface area contributed by atoms with Crippen LogP contribution >= 0.6 is 0 Å². The molecule has 0 radical (unpaired) electrons. The average molecular weight is 444 g/mol. The molecule has 0 aromatic heterocycles. The lowest BCUT2D eigenvalue weighted by Crippen LogP contribution is -2.61. The number of carbonyl (C=O) groups is 1. The van der Waals surface area contributed by atoms with E-state index in [0.29, 0.717) is 36.1 Å². The van der Waals surface area contributed by atoms with Gasteiger partial charge in [-0.2, -0.15) is 0 Å². The number of nitrogens with zero attached hydrogens (tertiary/aromatic N) is 1. The van der Waals surface area contributed by atoms with E-state index in [9.17, 15) is 9.90 Å². The monoisotopic (exact) mass is 443 g/mol. The van der Waals surface area contributed by atoms with Gasteiger partial charge in [-0.1, -0.05) is 34.1 Å². The van der Waals surface area contributed by atoms with Crippen LogP contribution in [-0.4, -0.2) is 35.0 Å². The standard InChI is InChI=1S/C28H45NO3/c1-7-16(2)19-8-9-20-24-21(10-11-27(19,20)5)28(6)17(13-23(24)31)12-18(30)14-22(28)25-29-26(3,4)15-32-25/h16-22,24,30H,7-15H2,1-6H3/t16-,17+,18+,19-,20+,21+,22?,24+,27-,28+/m1/s1. The predicted molar refractivity (Wildman–Crippen MR) is 127 cm³/mol. The van der Waals surface area contributed by atoms with Crippen molar-refractivity contribution >= 4 is 11.7 Å². The molecule has 1 aliphatic heterocycles. The van der Waals surface area contributed by atoms with Crippen LogP contribution in [0.4, 0.5) is 0 Å². The molecule has 0 saturated heterocycles. The van der Waals surface area contributed by atoms with Crippen LogP contribution in [-0.2, 0) is 9.53 Å². The van der Waals surface area contributed by atoms with Crippen LogP contribution in [0.1, 0.15) is 92.9 Å².